The van der Waals surface area contributed by atoms with E-state index in [0.29, 0.717) is 49.7 Å². The quantitative estimate of drug-likeness (QED) is 0.364. The first kappa shape index (κ1) is 30.1. The van der Waals surface area contributed by atoms with Crippen molar-refractivity contribution < 1.29 is 41.1 Å². The van der Waals surface area contributed by atoms with Gasteiger partial charge in [-0.2, -0.15) is 18.4 Å². The standard InChI is InChI=1S/C11H17F2NO.C8H11N3O2.C2H2F3NO/c1-10(2)7-5-14(6-8(7)10)9(15)4-11(3,12)13;9-4-7(11-5-12)3-6-1-2-10-8(6)13;3-2(4,5)1(6)7/h7-8H,4-6H2,1-3H3;5-7H,1-3H2,(H,10,13)(H,11,12);(H2,6,7)/t7-,8?;6-,7-;/m00./s1. The zero-order chi connectivity index (χ0) is 27.2. The minimum atomic E-state index is -4.86. The van der Waals surface area contributed by atoms with Gasteiger partial charge in [0, 0.05) is 25.6 Å². The molecular weight excluding hydrogens is 481 g/mol. The van der Waals surface area contributed by atoms with E-state index in [9.17, 15) is 36.3 Å². The fourth-order valence-electron chi connectivity index (χ4n) is 4.11. The topological polar surface area (TPSA) is 145 Å². The molecule has 0 aromatic carbocycles. The van der Waals surface area contributed by atoms with Crippen LogP contribution in [-0.2, 0) is 19.2 Å². The Kier molecular flexibility index (Phi) is 9.99. The lowest BCUT2D eigenvalue weighted by Gasteiger charge is -2.23. The average Bonchev–Trinajstić information content (AvgIpc) is 3.12. The molecule has 14 heteroatoms. The largest absolute Gasteiger partial charge is 0.470 e. The maximum Gasteiger partial charge on any atom is 0.470 e. The van der Waals surface area contributed by atoms with Gasteiger partial charge in [0.2, 0.25) is 18.2 Å². The predicted octanol–water partition coefficient (Wildman–Crippen LogP) is 1.33. The number of hydrogen-bond acceptors (Lipinski definition) is 5. The third kappa shape index (κ3) is 9.29. The van der Waals surface area contributed by atoms with Gasteiger partial charge in [0.25, 0.3) is 5.92 Å². The average molecular weight is 511 g/mol. The number of hydrogen-bond donors (Lipinski definition) is 3. The number of likely N-dealkylation sites (tertiary alicyclic amines) is 1. The number of primary amides is 1. The van der Waals surface area contributed by atoms with Crippen LogP contribution in [-0.4, -0.2) is 66.8 Å². The molecule has 2 saturated heterocycles. The number of amides is 4. The third-order valence-electron chi connectivity index (χ3n) is 6.32. The summed E-state index contributed by atoms with van der Waals surface area (Å²) in [5.74, 6) is -4.61. The Morgan fingerprint density at radius 2 is 1.80 bits per heavy atom. The Bertz CT molecular complexity index is 823. The van der Waals surface area contributed by atoms with Crippen molar-refractivity contribution >= 4 is 24.1 Å². The second-order valence-electron chi connectivity index (χ2n) is 9.42. The molecule has 3 aliphatic rings. The number of alkyl halides is 5. The van der Waals surface area contributed by atoms with Crippen LogP contribution in [0.2, 0.25) is 0 Å². The van der Waals surface area contributed by atoms with Gasteiger partial charge in [-0.25, -0.2) is 8.78 Å². The molecular formula is C21H30F5N5O4. The van der Waals surface area contributed by atoms with Crippen molar-refractivity contribution in [3.8, 4) is 6.07 Å². The molecule has 35 heavy (non-hydrogen) atoms. The first-order chi connectivity index (χ1) is 15.9. The van der Waals surface area contributed by atoms with Gasteiger partial charge in [-0.05, 0) is 37.0 Å². The number of nitrogens with one attached hydrogen (secondary N) is 2. The van der Waals surface area contributed by atoms with Crippen molar-refractivity contribution in [3.05, 3.63) is 0 Å². The first-order valence-electron chi connectivity index (χ1n) is 10.8. The van der Waals surface area contributed by atoms with E-state index < -0.39 is 36.4 Å². The smallest absolute Gasteiger partial charge is 0.362 e. The zero-order valence-electron chi connectivity index (χ0n) is 19.6. The van der Waals surface area contributed by atoms with Crippen molar-refractivity contribution in [3.63, 3.8) is 0 Å². The molecule has 1 unspecified atom stereocenters. The number of halogens is 5. The number of nitrogens with two attached hydrogens (primary N) is 1. The van der Waals surface area contributed by atoms with E-state index in [1.165, 1.54) is 0 Å². The SMILES string of the molecule is CC(F)(F)CC(=O)N1CC2[C@H](C1)C2(C)C.N#C[C@H](C[C@@H]1CCNC1=O)NC=O.NC(=O)C(F)(F)F. The Labute approximate surface area is 199 Å². The summed E-state index contributed by atoms with van der Waals surface area (Å²) < 4.78 is 57.4. The monoisotopic (exact) mass is 511 g/mol. The van der Waals surface area contributed by atoms with Crippen LogP contribution in [0, 0.1) is 34.5 Å². The molecule has 2 heterocycles. The molecule has 4 amide bonds. The van der Waals surface area contributed by atoms with E-state index in [2.05, 4.69) is 30.2 Å². The summed E-state index contributed by atoms with van der Waals surface area (Å²) in [6, 6.07) is 1.38. The fraction of sp³-hybridized carbons (Fsp3) is 0.762. The first-order valence-corrected chi connectivity index (χ1v) is 10.8. The van der Waals surface area contributed by atoms with Crippen molar-refractivity contribution in [2.24, 2.45) is 28.9 Å². The summed E-state index contributed by atoms with van der Waals surface area (Å²) in [4.78, 5) is 43.4. The Morgan fingerprint density at radius 3 is 2.14 bits per heavy atom. The Balaban J connectivity index is 0.000000281. The molecule has 198 valence electrons. The van der Waals surface area contributed by atoms with Crippen LogP contribution in [0.25, 0.3) is 0 Å². The second kappa shape index (κ2) is 11.6. The molecule has 2 aliphatic heterocycles. The van der Waals surface area contributed by atoms with Gasteiger partial charge in [-0.1, -0.05) is 13.8 Å². The van der Waals surface area contributed by atoms with Crippen molar-refractivity contribution in [2.75, 3.05) is 19.6 Å². The maximum absolute atomic E-state index is 12.6. The van der Waals surface area contributed by atoms with Crippen LogP contribution in [0.15, 0.2) is 0 Å². The highest BCUT2D eigenvalue weighted by Crippen LogP contribution is 2.62. The summed E-state index contributed by atoms with van der Waals surface area (Å²) in [7, 11) is 0. The van der Waals surface area contributed by atoms with Crippen molar-refractivity contribution in [1.82, 2.24) is 15.5 Å². The van der Waals surface area contributed by atoms with Gasteiger partial charge in [0.15, 0.2) is 0 Å². The summed E-state index contributed by atoms with van der Waals surface area (Å²) in [5, 5.41) is 13.6. The summed E-state index contributed by atoms with van der Waals surface area (Å²) >= 11 is 0. The minimum Gasteiger partial charge on any atom is -0.362 e. The number of carbonyl (C=O) groups is 4. The van der Waals surface area contributed by atoms with Crippen LogP contribution >= 0.6 is 0 Å². The number of nitriles is 1. The molecule has 0 aromatic heterocycles. The molecule has 4 atom stereocenters. The molecule has 0 spiro atoms. The Hall–Kier alpha value is -2.98. The highest BCUT2D eigenvalue weighted by molar-refractivity contribution is 5.80. The predicted molar refractivity (Wildman–Crippen MR) is 112 cm³/mol. The third-order valence-corrected chi connectivity index (χ3v) is 6.32. The van der Waals surface area contributed by atoms with Crippen LogP contribution in [0.1, 0.15) is 40.0 Å². The second-order valence-corrected chi connectivity index (χ2v) is 9.42. The van der Waals surface area contributed by atoms with Gasteiger partial charge < -0.3 is 21.3 Å². The van der Waals surface area contributed by atoms with Crippen LogP contribution in [0.5, 0.6) is 0 Å². The zero-order valence-corrected chi connectivity index (χ0v) is 19.6. The summed E-state index contributed by atoms with van der Waals surface area (Å²) in [6.45, 7) is 7.17. The molecule has 3 rings (SSSR count). The lowest BCUT2D eigenvalue weighted by Crippen LogP contribution is -2.35. The van der Waals surface area contributed by atoms with Gasteiger partial charge >= 0.3 is 12.1 Å². The van der Waals surface area contributed by atoms with E-state index in [1.807, 2.05) is 6.07 Å². The molecule has 3 fully saturated rings. The van der Waals surface area contributed by atoms with E-state index in [4.69, 9.17) is 10.1 Å². The summed E-state index contributed by atoms with van der Waals surface area (Å²) in [5.41, 5.74) is 4.13. The number of carbonyl (C=O) groups excluding carboxylic acids is 4. The van der Waals surface area contributed by atoms with E-state index in [0.717, 1.165) is 13.3 Å². The fourth-order valence-corrected chi connectivity index (χ4v) is 4.11. The van der Waals surface area contributed by atoms with E-state index >= 15 is 0 Å². The molecule has 4 N–H and O–H groups in total. The van der Waals surface area contributed by atoms with Crippen LogP contribution < -0.4 is 16.4 Å². The summed E-state index contributed by atoms with van der Waals surface area (Å²) in [6.07, 6.45) is -3.87. The van der Waals surface area contributed by atoms with Gasteiger partial charge in [-0.15, -0.1) is 0 Å². The molecule has 1 saturated carbocycles. The van der Waals surface area contributed by atoms with Crippen molar-refractivity contribution in [1.29, 1.82) is 5.26 Å². The van der Waals surface area contributed by atoms with Gasteiger partial charge in [-0.3, -0.25) is 19.2 Å². The number of fused-ring (bicyclic) bond motifs is 1. The minimum absolute atomic E-state index is 0.0204. The highest BCUT2D eigenvalue weighted by Gasteiger charge is 2.62. The molecule has 9 nitrogen and oxygen atoms in total. The molecule has 0 radical (unpaired) electrons. The lowest BCUT2D eigenvalue weighted by atomic mass is 9.99. The van der Waals surface area contributed by atoms with E-state index in [1.54, 1.807) is 4.90 Å². The van der Waals surface area contributed by atoms with Gasteiger partial charge in [0.05, 0.1) is 12.5 Å². The number of nitrogens with zero attached hydrogens (tertiary/aromatic N) is 2. The molecule has 1 aliphatic carbocycles. The normalized spacial score (nSPS) is 24.8. The van der Waals surface area contributed by atoms with Crippen LogP contribution in [0.4, 0.5) is 22.0 Å². The number of piperidine rings is 1. The lowest BCUT2D eigenvalue weighted by molar-refractivity contribution is -0.169. The van der Waals surface area contributed by atoms with E-state index in [-0.39, 0.29) is 11.8 Å². The highest BCUT2D eigenvalue weighted by atomic mass is 19.4. The number of rotatable bonds is 6. The van der Waals surface area contributed by atoms with Gasteiger partial charge in [0.1, 0.15) is 6.04 Å². The maximum atomic E-state index is 12.6. The Morgan fingerprint density at radius 1 is 1.29 bits per heavy atom. The molecule has 0 aromatic rings. The van der Waals surface area contributed by atoms with Crippen molar-refractivity contribution in [2.45, 2.75) is 58.2 Å². The molecule has 0 bridgehead atoms. The van der Waals surface area contributed by atoms with Crippen LogP contribution in [0.3, 0.4) is 0 Å².